The van der Waals surface area contributed by atoms with Crippen LogP contribution in [-0.2, 0) is 6.42 Å². The smallest absolute Gasteiger partial charge is 0.200 e. The number of aryl methyl sites for hydroxylation is 1. The summed E-state index contributed by atoms with van der Waals surface area (Å²) in [4.78, 5) is 13.1. The molecule has 3 rings (SSSR count). The zero-order valence-corrected chi connectivity index (χ0v) is 17.2. The second-order valence-corrected chi connectivity index (χ2v) is 7.82. The van der Waals surface area contributed by atoms with Crippen LogP contribution in [0.5, 0.6) is 5.75 Å². The lowest BCUT2D eigenvalue weighted by Crippen LogP contribution is -2.09. The van der Waals surface area contributed by atoms with Gasteiger partial charge in [0.15, 0.2) is 0 Å². The van der Waals surface area contributed by atoms with Crippen LogP contribution >= 0.6 is 0 Å². The molecule has 0 N–H and O–H groups in total. The normalized spacial score (nSPS) is 11.3. The molecule has 0 spiro atoms. The van der Waals surface area contributed by atoms with Crippen molar-refractivity contribution < 1.29 is 9.15 Å². The number of hydrogen-bond acceptors (Lipinski definition) is 3. The van der Waals surface area contributed by atoms with Gasteiger partial charge in [0.05, 0.1) is 17.6 Å². The molecule has 3 heteroatoms. The SMILES string of the molecule is CCCCCCc1cc2c(=O)c(-c3ccccc3)coc2cc1OCC(C)C. The van der Waals surface area contributed by atoms with Crippen LogP contribution in [0.3, 0.4) is 0 Å². The van der Waals surface area contributed by atoms with Crippen LogP contribution in [0.25, 0.3) is 22.1 Å². The predicted octanol–water partition coefficient (Wildman–Crippen LogP) is 6.62. The summed E-state index contributed by atoms with van der Waals surface area (Å²) in [5.74, 6) is 1.28. The highest BCUT2D eigenvalue weighted by Crippen LogP contribution is 2.28. The Morgan fingerprint density at radius 1 is 1.04 bits per heavy atom. The molecular weight excluding hydrogens is 348 g/mol. The fourth-order valence-electron chi connectivity index (χ4n) is 3.35. The minimum absolute atomic E-state index is 0.0117. The maximum absolute atomic E-state index is 13.1. The molecule has 1 heterocycles. The summed E-state index contributed by atoms with van der Waals surface area (Å²) >= 11 is 0. The van der Waals surface area contributed by atoms with Gasteiger partial charge in [0.2, 0.25) is 5.43 Å². The van der Waals surface area contributed by atoms with Crippen molar-refractivity contribution >= 4 is 11.0 Å². The zero-order chi connectivity index (χ0) is 19.9. The summed E-state index contributed by atoms with van der Waals surface area (Å²) < 4.78 is 11.9. The van der Waals surface area contributed by atoms with Crippen molar-refractivity contribution in [3.05, 3.63) is 64.5 Å². The van der Waals surface area contributed by atoms with Crippen LogP contribution in [0.1, 0.15) is 52.0 Å². The summed E-state index contributed by atoms with van der Waals surface area (Å²) in [7, 11) is 0. The minimum atomic E-state index is 0.0117. The van der Waals surface area contributed by atoms with E-state index in [1.54, 1.807) is 6.26 Å². The summed E-state index contributed by atoms with van der Waals surface area (Å²) in [6, 6.07) is 13.5. The van der Waals surface area contributed by atoms with Gasteiger partial charge in [-0.15, -0.1) is 0 Å². The molecule has 0 unspecified atom stereocenters. The van der Waals surface area contributed by atoms with Crippen molar-refractivity contribution in [2.75, 3.05) is 6.61 Å². The van der Waals surface area contributed by atoms with Crippen LogP contribution in [0.4, 0.5) is 0 Å². The summed E-state index contributed by atoms with van der Waals surface area (Å²) in [6.07, 6.45) is 7.21. The van der Waals surface area contributed by atoms with Crippen LogP contribution in [-0.4, -0.2) is 6.61 Å². The van der Waals surface area contributed by atoms with E-state index in [1.165, 1.54) is 19.3 Å². The Morgan fingerprint density at radius 3 is 2.54 bits per heavy atom. The van der Waals surface area contributed by atoms with E-state index in [0.717, 1.165) is 29.7 Å². The zero-order valence-electron chi connectivity index (χ0n) is 17.2. The lowest BCUT2D eigenvalue weighted by molar-refractivity contribution is 0.268. The molecule has 0 aliphatic carbocycles. The van der Waals surface area contributed by atoms with Crippen LogP contribution in [0.15, 0.2) is 57.9 Å². The molecule has 0 amide bonds. The van der Waals surface area contributed by atoms with Gasteiger partial charge in [-0.05, 0) is 36.0 Å². The highest BCUT2D eigenvalue weighted by molar-refractivity contribution is 5.83. The summed E-state index contributed by atoms with van der Waals surface area (Å²) in [5, 5.41) is 0.628. The fraction of sp³-hybridized carbons (Fsp3) is 0.400. The van der Waals surface area contributed by atoms with Crippen molar-refractivity contribution in [1.82, 2.24) is 0 Å². The first-order valence-electron chi connectivity index (χ1n) is 10.4. The van der Waals surface area contributed by atoms with E-state index in [1.807, 2.05) is 42.5 Å². The molecule has 0 fully saturated rings. The van der Waals surface area contributed by atoms with Crippen molar-refractivity contribution in [1.29, 1.82) is 0 Å². The van der Waals surface area contributed by atoms with E-state index >= 15 is 0 Å². The largest absolute Gasteiger partial charge is 0.493 e. The first-order chi connectivity index (χ1) is 13.6. The van der Waals surface area contributed by atoms with Gasteiger partial charge in [-0.3, -0.25) is 4.79 Å². The maximum Gasteiger partial charge on any atom is 0.200 e. The number of hydrogen-bond donors (Lipinski definition) is 0. The fourth-order valence-corrected chi connectivity index (χ4v) is 3.35. The lowest BCUT2D eigenvalue weighted by atomic mass is 10.0. The highest BCUT2D eigenvalue weighted by atomic mass is 16.5. The average molecular weight is 379 g/mol. The molecule has 28 heavy (non-hydrogen) atoms. The summed E-state index contributed by atoms with van der Waals surface area (Å²) in [5.41, 5.74) is 3.17. The van der Waals surface area contributed by atoms with Gasteiger partial charge < -0.3 is 9.15 Å². The monoisotopic (exact) mass is 378 g/mol. The van der Waals surface area contributed by atoms with Crippen molar-refractivity contribution in [3.8, 4) is 16.9 Å². The van der Waals surface area contributed by atoms with E-state index < -0.39 is 0 Å². The quantitative estimate of drug-likeness (QED) is 0.393. The molecule has 0 aliphatic heterocycles. The second-order valence-electron chi connectivity index (χ2n) is 7.82. The first kappa shape index (κ1) is 20.2. The van der Waals surface area contributed by atoms with Gasteiger partial charge in [0.25, 0.3) is 0 Å². The highest BCUT2D eigenvalue weighted by Gasteiger charge is 2.14. The Morgan fingerprint density at radius 2 is 1.82 bits per heavy atom. The molecule has 0 saturated carbocycles. The van der Waals surface area contributed by atoms with Crippen LogP contribution in [0, 0.1) is 5.92 Å². The molecule has 2 aromatic carbocycles. The van der Waals surface area contributed by atoms with E-state index in [4.69, 9.17) is 9.15 Å². The van der Waals surface area contributed by atoms with Gasteiger partial charge >= 0.3 is 0 Å². The molecule has 148 valence electrons. The first-order valence-corrected chi connectivity index (χ1v) is 10.4. The van der Waals surface area contributed by atoms with E-state index in [9.17, 15) is 4.79 Å². The molecule has 0 saturated heterocycles. The van der Waals surface area contributed by atoms with Gasteiger partial charge in [-0.25, -0.2) is 0 Å². The molecule has 0 aliphatic rings. The van der Waals surface area contributed by atoms with E-state index in [-0.39, 0.29) is 5.43 Å². The Hall–Kier alpha value is -2.55. The number of ether oxygens (including phenoxy) is 1. The molecule has 3 aromatic rings. The maximum atomic E-state index is 13.1. The molecule has 3 nitrogen and oxygen atoms in total. The molecular formula is C25H30O3. The van der Waals surface area contributed by atoms with Crippen molar-refractivity contribution in [3.63, 3.8) is 0 Å². The molecule has 1 aromatic heterocycles. The average Bonchev–Trinajstić information content (AvgIpc) is 2.70. The third-order valence-electron chi connectivity index (χ3n) is 4.91. The molecule has 0 atom stereocenters. The van der Waals surface area contributed by atoms with Gasteiger partial charge in [-0.2, -0.15) is 0 Å². The Bertz CT molecular complexity index is 955. The Balaban J connectivity index is 2.01. The number of benzene rings is 2. The Labute approximate surface area is 167 Å². The number of unbranched alkanes of at least 4 members (excludes halogenated alkanes) is 3. The van der Waals surface area contributed by atoms with Crippen molar-refractivity contribution in [2.24, 2.45) is 5.92 Å². The van der Waals surface area contributed by atoms with Gasteiger partial charge in [0, 0.05) is 6.07 Å². The molecule has 0 radical (unpaired) electrons. The Kier molecular flexibility index (Phi) is 6.91. The lowest BCUT2D eigenvalue weighted by Gasteiger charge is -2.14. The van der Waals surface area contributed by atoms with Crippen molar-refractivity contribution in [2.45, 2.75) is 52.9 Å². The minimum Gasteiger partial charge on any atom is -0.493 e. The van der Waals surface area contributed by atoms with Gasteiger partial charge in [-0.1, -0.05) is 70.4 Å². The topological polar surface area (TPSA) is 39.4 Å². The third kappa shape index (κ3) is 4.83. The van der Waals surface area contributed by atoms with Gasteiger partial charge in [0.1, 0.15) is 17.6 Å². The third-order valence-corrected chi connectivity index (χ3v) is 4.91. The van der Waals surface area contributed by atoms with E-state index in [2.05, 4.69) is 20.8 Å². The second kappa shape index (κ2) is 9.59. The number of fused-ring (bicyclic) bond motifs is 1. The predicted molar refractivity (Wildman–Crippen MR) is 116 cm³/mol. The molecule has 0 bridgehead atoms. The standard InChI is InChI=1S/C25H30O3/c1-4-5-6-8-13-20-14-21-24(15-23(20)27-16-18(2)3)28-17-22(25(21)26)19-11-9-7-10-12-19/h7,9-12,14-15,17-18H,4-6,8,13,16H2,1-3H3. The van der Waals surface area contributed by atoms with Crippen LogP contribution < -0.4 is 10.2 Å². The number of rotatable bonds is 9. The summed E-state index contributed by atoms with van der Waals surface area (Å²) in [6.45, 7) is 7.13. The van der Waals surface area contributed by atoms with E-state index in [0.29, 0.717) is 29.1 Å². The van der Waals surface area contributed by atoms with Crippen LogP contribution in [0.2, 0.25) is 0 Å².